The third kappa shape index (κ3) is 2.09. The molecule has 84 valence electrons. The van der Waals surface area contributed by atoms with E-state index in [4.69, 9.17) is 5.73 Å². The van der Waals surface area contributed by atoms with Gasteiger partial charge in [-0.3, -0.25) is 0 Å². The fraction of sp³-hybridized carbons (Fsp3) is 0.273. The second-order valence-corrected chi connectivity index (χ2v) is 3.77. The zero-order valence-electron chi connectivity index (χ0n) is 8.97. The fourth-order valence-electron chi connectivity index (χ4n) is 1.55. The highest BCUT2D eigenvalue weighted by Gasteiger charge is 2.11. The van der Waals surface area contributed by atoms with Crippen molar-refractivity contribution in [1.82, 2.24) is 15.0 Å². The molecule has 0 aliphatic carbocycles. The van der Waals surface area contributed by atoms with E-state index in [9.17, 15) is 4.39 Å². The van der Waals surface area contributed by atoms with Crippen molar-refractivity contribution in [1.29, 1.82) is 0 Å². The minimum Gasteiger partial charge on any atom is -0.328 e. The quantitative estimate of drug-likeness (QED) is 0.848. The number of rotatable bonds is 3. The second kappa shape index (κ2) is 4.40. The normalized spacial score (nSPS) is 12.7. The summed E-state index contributed by atoms with van der Waals surface area (Å²) in [7, 11) is 0. The van der Waals surface area contributed by atoms with Crippen LogP contribution >= 0.6 is 0 Å². The van der Waals surface area contributed by atoms with E-state index in [-0.39, 0.29) is 11.9 Å². The molecule has 2 N–H and O–H groups in total. The summed E-state index contributed by atoms with van der Waals surface area (Å²) in [6.07, 6.45) is 2.22. The summed E-state index contributed by atoms with van der Waals surface area (Å²) in [5.74, 6) is -0.320. The maximum atomic E-state index is 13.6. The van der Waals surface area contributed by atoms with Crippen molar-refractivity contribution >= 4 is 0 Å². The molecule has 1 aromatic carbocycles. The molecule has 0 fully saturated rings. The van der Waals surface area contributed by atoms with Crippen LogP contribution in [0.1, 0.15) is 12.6 Å². The predicted molar refractivity (Wildman–Crippen MR) is 58.7 cm³/mol. The molecule has 16 heavy (non-hydrogen) atoms. The Morgan fingerprint density at radius 1 is 1.44 bits per heavy atom. The molecule has 1 aromatic heterocycles. The summed E-state index contributed by atoms with van der Waals surface area (Å²) < 4.78 is 15.0. The summed E-state index contributed by atoms with van der Waals surface area (Å²) in [5.41, 5.74) is 6.91. The van der Waals surface area contributed by atoms with Gasteiger partial charge in [0.15, 0.2) is 0 Å². The van der Waals surface area contributed by atoms with E-state index < -0.39 is 0 Å². The Balaban J connectivity index is 2.41. The second-order valence-electron chi connectivity index (χ2n) is 3.77. The molecule has 4 nitrogen and oxygen atoms in total. The summed E-state index contributed by atoms with van der Waals surface area (Å²) in [6.45, 7) is 1.89. The third-order valence-electron chi connectivity index (χ3n) is 2.23. The van der Waals surface area contributed by atoms with Gasteiger partial charge in [-0.15, -0.1) is 5.10 Å². The molecule has 2 rings (SSSR count). The Kier molecular flexibility index (Phi) is 2.96. The molecule has 1 unspecified atom stereocenters. The first kappa shape index (κ1) is 10.8. The van der Waals surface area contributed by atoms with Crippen molar-refractivity contribution in [2.24, 2.45) is 5.73 Å². The van der Waals surface area contributed by atoms with Crippen LogP contribution in [0.2, 0.25) is 0 Å². The molecule has 0 bridgehead atoms. The number of nitrogens with two attached hydrogens (primary N) is 1. The van der Waals surface area contributed by atoms with E-state index >= 15 is 0 Å². The van der Waals surface area contributed by atoms with Crippen LogP contribution in [0.4, 0.5) is 4.39 Å². The Labute approximate surface area is 92.9 Å². The van der Waals surface area contributed by atoms with Crippen molar-refractivity contribution in [3.05, 3.63) is 42.0 Å². The third-order valence-corrected chi connectivity index (χ3v) is 2.23. The van der Waals surface area contributed by atoms with Crippen molar-refractivity contribution in [2.45, 2.75) is 19.4 Å². The molecular weight excluding hydrogens is 207 g/mol. The van der Waals surface area contributed by atoms with Crippen LogP contribution < -0.4 is 5.73 Å². The van der Waals surface area contributed by atoms with Gasteiger partial charge in [0.1, 0.15) is 11.5 Å². The lowest BCUT2D eigenvalue weighted by molar-refractivity contribution is 0.597. The first-order valence-corrected chi connectivity index (χ1v) is 5.08. The largest absolute Gasteiger partial charge is 0.328 e. The van der Waals surface area contributed by atoms with Gasteiger partial charge in [-0.25, -0.2) is 9.07 Å². The van der Waals surface area contributed by atoms with Gasteiger partial charge < -0.3 is 5.73 Å². The molecule has 0 aliphatic rings. The predicted octanol–water partition coefficient (Wildman–Crippen LogP) is 1.30. The SMILES string of the molecule is CC(N)Cc1cnnn1-c1ccccc1F. The molecule has 0 spiro atoms. The van der Waals surface area contributed by atoms with Crippen molar-refractivity contribution in [3.63, 3.8) is 0 Å². The van der Waals surface area contributed by atoms with Gasteiger partial charge >= 0.3 is 0 Å². The Morgan fingerprint density at radius 3 is 2.88 bits per heavy atom. The molecule has 2 aromatic rings. The zero-order valence-corrected chi connectivity index (χ0v) is 8.97. The molecule has 0 radical (unpaired) electrons. The van der Waals surface area contributed by atoms with Gasteiger partial charge in [0.25, 0.3) is 0 Å². The van der Waals surface area contributed by atoms with Crippen LogP contribution in [0.15, 0.2) is 30.5 Å². The van der Waals surface area contributed by atoms with Crippen molar-refractivity contribution in [3.8, 4) is 5.69 Å². The first-order valence-electron chi connectivity index (χ1n) is 5.08. The highest BCUT2D eigenvalue weighted by Crippen LogP contribution is 2.14. The molecule has 1 atom stereocenters. The lowest BCUT2D eigenvalue weighted by Gasteiger charge is -2.08. The van der Waals surface area contributed by atoms with Gasteiger partial charge in [0.2, 0.25) is 0 Å². The van der Waals surface area contributed by atoms with Crippen LogP contribution in [-0.4, -0.2) is 21.0 Å². The molecule has 1 heterocycles. The summed E-state index contributed by atoms with van der Waals surface area (Å²) in [4.78, 5) is 0. The van der Waals surface area contributed by atoms with Crippen LogP contribution in [-0.2, 0) is 6.42 Å². The average molecular weight is 220 g/mol. The van der Waals surface area contributed by atoms with E-state index in [1.807, 2.05) is 6.92 Å². The number of hydrogen-bond acceptors (Lipinski definition) is 3. The maximum absolute atomic E-state index is 13.6. The van der Waals surface area contributed by atoms with E-state index in [0.29, 0.717) is 12.1 Å². The topological polar surface area (TPSA) is 56.7 Å². The van der Waals surface area contributed by atoms with E-state index in [1.165, 1.54) is 10.7 Å². The smallest absolute Gasteiger partial charge is 0.148 e. The molecule has 0 saturated heterocycles. The van der Waals surface area contributed by atoms with E-state index in [1.54, 1.807) is 24.4 Å². The van der Waals surface area contributed by atoms with Gasteiger partial charge in [-0.05, 0) is 19.1 Å². The summed E-state index contributed by atoms with van der Waals surface area (Å²) >= 11 is 0. The molecule has 0 aliphatic heterocycles. The van der Waals surface area contributed by atoms with Gasteiger partial charge in [-0.1, -0.05) is 17.3 Å². The monoisotopic (exact) mass is 220 g/mol. The van der Waals surface area contributed by atoms with Crippen LogP contribution in [0.25, 0.3) is 5.69 Å². The zero-order chi connectivity index (χ0) is 11.5. The number of halogens is 1. The average Bonchev–Trinajstić information content (AvgIpc) is 2.66. The summed E-state index contributed by atoms with van der Waals surface area (Å²) in [6, 6.07) is 6.45. The van der Waals surface area contributed by atoms with Crippen LogP contribution in [0.3, 0.4) is 0 Å². The van der Waals surface area contributed by atoms with Gasteiger partial charge in [0.05, 0.1) is 11.9 Å². The number of benzene rings is 1. The number of para-hydroxylation sites is 1. The Morgan fingerprint density at radius 2 is 2.19 bits per heavy atom. The maximum Gasteiger partial charge on any atom is 0.148 e. The highest BCUT2D eigenvalue weighted by molar-refractivity contribution is 5.33. The lowest BCUT2D eigenvalue weighted by atomic mass is 10.2. The standard InChI is InChI=1S/C11H13FN4/c1-8(13)6-9-7-14-15-16(9)11-5-3-2-4-10(11)12/h2-5,7-8H,6,13H2,1H3. The van der Waals surface area contributed by atoms with Crippen LogP contribution in [0.5, 0.6) is 0 Å². The Bertz CT molecular complexity index is 478. The Hall–Kier alpha value is -1.75. The van der Waals surface area contributed by atoms with Gasteiger partial charge in [0, 0.05) is 12.5 Å². The molecule has 5 heteroatoms. The van der Waals surface area contributed by atoms with Gasteiger partial charge in [-0.2, -0.15) is 0 Å². The van der Waals surface area contributed by atoms with E-state index in [2.05, 4.69) is 10.3 Å². The molecule has 0 saturated carbocycles. The van der Waals surface area contributed by atoms with Crippen molar-refractivity contribution in [2.75, 3.05) is 0 Å². The lowest BCUT2D eigenvalue weighted by Crippen LogP contribution is -2.20. The van der Waals surface area contributed by atoms with Crippen molar-refractivity contribution < 1.29 is 4.39 Å². The summed E-state index contributed by atoms with van der Waals surface area (Å²) in [5, 5.41) is 7.65. The minimum absolute atomic E-state index is 0.0102. The number of nitrogens with zero attached hydrogens (tertiary/aromatic N) is 3. The first-order chi connectivity index (χ1) is 7.68. The number of hydrogen-bond donors (Lipinski definition) is 1. The van der Waals surface area contributed by atoms with E-state index in [0.717, 1.165) is 5.69 Å². The highest BCUT2D eigenvalue weighted by atomic mass is 19.1. The number of aromatic nitrogens is 3. The fourth-order valence-corrected chi connectivity index (χ4v) is 1.55. The van der Waals surface area contributed by atoms with Crippen LogP contribution in [0, 0.1) is 5.82 Å². The minimum atomic E-state index is -0.320. The molecular formula is C11H13FN4. The molecule has 0 amide bonds.